The smallest absolute Gasteiger partial charge is 0.229 e. The van der Waals surface area contributed by atoms with Gasteiger partial charge in [-0.15, -0.1) is 0 Å². The Morgan fingerprint density at radius 3 is 2.37 bits per heavy atom. The van der Waals surface area contributed by atoms with Crippen molar-refractivity contribution in [1.82, 2.24) is 14.4 Å². The highest BCUT2D eigenvalue weighted by molar-refractivity contribution is 5.81. The molecule has 1 unspecified atom stereocenters. The van der Waals surface area contributed by atoms with Crippen molar-refractivity contribution >= 4 is 16.8 Å². The number of carbonyl (C=O) groups excluding carboxylic acids is 1. The number of hydrogen-bond donors (Lipinski definition) is 0. The molecule has 0 bridgehead atoms. The Kier molecular flexibility index (Phi) is 6.73. The van der Waals surface area contributed by atoms with Crippen molar-refractivity contribution in [3.05, 3.63) is 72.4 Å². The van der Waals surface area contributed by atoms with Gasteiger partial charge in [0.2, 0.25) is 5.91 Å². The monoisotopic (exact) mass is 473 g/mol. The molecule has 5 nitrogen and oxygen atoms in total. The van der Waals surface area contributed by atoms with Gasteiger partial charge in [0.15, 0.2) is 0 Å². The predicted molar refractivity (Wildman–Crippen MR) is 141 cm³/mol. The number of para-hydroxylation sites is 1. The van der Waals surface area contributed by atoms with Crippen LogP contribution in [-0.4, -0.2) is 53.2 Å². The number of nitrogens with zero attached hydrogens (tertiary/aromatic N) is 3. The number of aromatic nitrogens is 1. The molecule has 2 aliphatic rings. The fraction of sp³-hybridized carbons (Fsp3) is 0.500. The van der Waals surface area contributed by atoms with Gasteiger partial charge in [0.25, 0.3) is 0 Å². The Labute approximate surface area is 209 Å². The summed E-state index contributed by atoms with van der Waals surface area (Å²) in [5.41, 5.74) is 1.87. The molecule has 2 aromatic carbocycles. The highest BCUT2D eigenvalue weighted by Gasteiger charge is 2.40. The minimum Gasteiger partial charge on any atom is -0.350 e. The summed E-state index contributed by atoms with van der Waals surface area (Å²) in [6.45, 7) is 10.3. The average molecular weight is 474 g/mol. The van der Waals surface area contributed by atoms with E-state index in [0.717, 1.165) is 39.0 Å². The normalized spacial score (nSPS) is 22.5. The SMILES string of the molecule is CC(C)(C)C(=O)N1CCC(CCN2CCC(n3ccc4ccccc43)CC2)(c2ccccc2)OC1. The third-order valence-electron chi connectivity index (χ3n) is 7.92. The number of ether oxygens (including phenoxy) is 1. The van der Waals surface area contributed by atoms with Crippen molar-refractivity contribution in [1.29, 1.82) is 0 Å². The number of carbonyl (C=O) groups is 1. The van der Waals surface area contributed by atoms with Gasteiger partial charge >= 0.3 is 0 Å². The predicted octanol–water partition coefficient (Wildman–Crippen LogP) is 5.82. The third kappa shape index (κ3) is 5.03. The number of fused-ring (bicyclic) bond motifs is 1. The zero-order chi connectivity index (χ0) is 24.5. The molecule has 0 aliphatic carbocycles. The van der Waals surface area contributed by atoms with E-state index < -0.39 is 0 Å². The quantitative estimate of drug-likeness (QED) is 0.469. The van der Waals surface area contributed by atoms with E-state index in [2.05, 4.69) is 76.3 Å². The maximum absolute atomic E-state index is 12.8. The highest BCUT2D eigenvalue weighted by atomic mass is 16.5. The number of likely N-dealkylation sites (tertiary alicyclic amines) is 1. The Balaban J connectivity index is 1.22. The fourth-order valence-corrected chi connectivity index (χ4v) is 5.78. The second-order valence-electron chi connectivity index (χ2n) is 11.3. The van der Waals surface area contributed by atoms with Crippen molar-refractivity contribution in [3.63, 3.8) is 0 Å². The molecule has 35 heavy (non-hydrogen) atoms. The first-order valence-electron chi connectivity index (χ1n) is 13.1. The van der Waals surface area contributed by atoms with Crippen LogP contribution in [0.3, 0.4) is 0 Å². The fourth-order valence-electron chi connectivity index (χ4n) is 5.78. The molecule has 3 aromatic rings. The first kappa shape index (κ1) is 24.1. The minimum atomic E-state index is -0.383. The van der Waals surface area contributed by atoms with Gasteiger partial charge < -0.3 is 19.1 Å². The van der Waals surface area contributed by atoms with Gasteiger partial charge in [-0.1, -0.05) is 69.3 Å². The molecule has 3 heterocycles. The third-order valence-corrected chi connectivity index (χ3v) is 7.92. The Bertz CT molecular complexity index is 1130. The first-order valence-corrected chi connectivity index (χ1v) is 13.1. The van der Waals surface area contributed by atoms with Crippen LogP contribution in [0.4, 0.5) is 0 Å². The van der Waals surface area contributed by atoms with E-state index in [0.29, 0.717) is 12.8 Å². The number of amides is 1. The molecule has 0 spiro atoms. The molecule has 1 amide bonds. The maximum Gasteiger partial charge on any atom is 0.229 e. The Morgan fingerprint density at radius 1 is 0.971 bits per heavy atom. The lowest BCUT2D eigenvalue weighted by Crippen LogP contribution is -2.51. The van der Waals surface area contributed by atoms with Crippen molar-refractivity contribution in [2.75, 3.05) is 32.9 Å². The van der Waals surface area contributed by atoms with E-state index >= 15 is 0 Å². The van der Waals surface area contributed by atoms with E-state index in [-0.39, 0.29) is 16.9 Å². The van der Waals surface area contributed by atoms with Crippen LogP contribution >= 0.6 is 0 Å². The molecule has 186 valence electrons. The molecular weight excluding hydrogens is 434 g/mol. The topological polar surface area (TPSA) is 37.7 Å². The summed E-state index contributed by atoms with van der Waals surface area (Å²) >= 11 is 0. The van der Waals surface area contributed by atoms with E-state index in [4.69, 9.17) is 4.74 Å². The van der Waals surface area contributed by atoms with E-state index in [1.165, 1.54) is 29.3 Å². The van der Waals surface area contributed by atoms with Crippen LogP contribution in [0.5, 0.6) is 0 Å². The molecule has 5 rings (SSSR count). The lowest BCUT2D eigenvalue weighted by molar-refractivity contribution is -0.175. The Hall–Kier alpha value is -2.63. The number of piperidine rings is 1. The van der Waals surface area contributed by atoms with Gasteiger partial charge in [0.1, 0.15) is 6.73 Å². The van der Waals surface area contributed by atoms with Crippen LogP contribution in [0.1, 0.15) is 58.1 Å². The van der Waals surface area contributed by atoms with Crippen LogP contribution in [-0.2, 0) is 15.1 Å². The summed E-state index contributed by atoms with van der Waals surface area (Å²) < 4.78 is 9.05. The zero-order valence-corrected chi connectivity index (χ0v) is 21.5. The second-order valence-corrected chi connectivity index (χ2v) is 11.3. The molecule has 5 heteroatoms. The summed E-state index contributed by atoms with van der Waals surface area (Å²) in [7, 11) is 0. The van der Waals surface area contributed by atoms with Gasteiger partial charge in [-0.05, 0) is 48.8 Å². The van der Waals surface area contributed by atoms with Crippen LogP contribution in [0.25, 0.3) is 10.9 Å². The van der Waals surface area contributed by atoms with Gasteiger partial charge in [0.05, 0.1) is 5.60 Å². The highest BCUT2D eigenvalue weighted by Crippen LogP contribution is 2.38. The lowest BCUT2D eigenvalue weighted by atomic mass is 9.85. The molecule has 2 fully saturated rings. The molecule has 1 aromatic heterocycles. The summed E-state index contributed by atoms with van der Waals surface area (Å²) in [6.07, 6.45) is 6.39. The summed E-state index contributed by atoms with van der Waals surface area (Å²) in [5, 5.41) is 1.33. The average Bonchev–Trinajstić information content (AvgIpc) is 3.32. The minimum absolute atomic E-state index is 0.166. The Morgan fingerprint density at radius 2 is 1.69 bits per heavy atom. The molecule has 2 aliphatic heterocycles. The lowest BCUT2D eigenvalue weighted by Gasteiger charge is -2.45. The number of hydrogen-bond acceptors (Lipinski definition) is 3. The van der Waals surface area contributed by atoms with Gasteiger partial charge in [-0.25, -0.2) is 0 Å². The number of rotatable bonds is 5. The maximum atomic E-state index is 12.8. The van der Waals surface area contributed by atoms with Crippen LogP contribution in [0.2, 0.25) is 0 Å². The van der Waals surface area contributed by atoms with Crippen LogP contribution in [0.15, 0.2) is 66.9 Å². The standard InChI is InChI=1S/C30H39N3O2/c1-29(2,3)28(34)32-22-17-30(35-23-32,25-10-5-4-6-11-25)16-21-31-18-14-26(15-19-31)33-20-13-24-9-7-8-12-27(24)33/h4-13,20,26H,14-19,21-23H2,1-3H3. The zero-order valence-electron chi connectivity index (χ0n) is 21.5. The van der Waals surface area contributed by atoms with Gasteiger partial charge in [0, 0.05) is 49.3 Å². The van der Waals surface area contributed by atoms with E-state index in [1.54, 1.807) is 0 Å². The van der Waals surface area contributed by atoms with Crippen molar-refractivity contribution in [2.24, 2.45) is 5.41 Å². The summed E-state index contributed by atoms with van der Waals surface area (Å²) in [4.78, 5) is 17.3. The van der Waals surface area contributed by atoms with Gasteiger partial charge in [-0.2, -0.15) is 0 Å². The molecule has 2 saturated heterocycles. The van der Waals surface area contributed by atoms with E-state index in [1.807, 2.05) is 25.7 Å². The molecular formula is C30H39N3O2. The first-order chi connectivity index (χ1) is 16.9. The van der Waals surface area contributed by atoms with Crippen LogP contribution < -0.4 is 0 Å². The number of benzene rings is 2. The molecule has 0 saturated carbocycles. The summed E-state index contributed by atoms with van der Waals surface area (Å²) in [5.74, 6) is 0.166. The second kappa shape index (κ2) is 9.79. The summed E-state index contributed by atoms with van der Waals surface area (Å²) in [6, 6.07) is 22.1. The largest absolute Gasteiger partial charge is 0.350 e. The molecule has 1 atom stereocenters. The molecule has 0 N–H and O–H groups in total. The van der Waals surface area contributed by atoms with Gasteiger partial charge in [-0.3, -0.25) is 4.79 Å². The van der Waals surface area contributed by atoms with Crippen molar-refractivity contribution in [2.45, 2.75) is 58.1 Å². The van der Waals surface area contributed by atoms with Crippen molar-refractivity contribution < 1.29 is 9.53 Å². The molecule has 0 radical (unpaired) electrons. The van der Waals surface area contributed by atoms with E-state index in [9.17, 15) is 4.79 Å². The van der Waals surface area contributed by atoms with Crippen molar-refractivity contribution in [3.8, 4) is 0 Å². The van der Waals surface area contributed by atoms with Crippen LogP contribution in [0, 0.1) is 5.41 Å².